The number of carboxylic acids is 1. The highest BCUT2D eigenvalue weighted by Gasteiger charge is 2.38. The number of fused-ring (bicyclic) bond motifs is 1. The average molecular weight is 372 g/mol. The van der Waals surface area contributed by atoms with Gasteiger partial charge >= 0.3 is 12.1 Å². The lowest BCUT2D eigenvalue weighted by molar-refractivity contribution is -0.192. The Bertz CT molecular complexity index is 959. The second-order valence-corrected chi connectivity index (χ2v) is 5.03. The van der Waals surface area contributed by atoms with Crippen molar-refractivity contribution in [3.05, 3.63) is 58.0 Å². The Morgan fingerprint density at radius 3 is 2.44 bits per heavy atom. The van der Waals surface area contributed by atoms with Crippen LogP contribution in [0.2, 0.25) is 5.02 Å². The molecular formula is C15H9ClF3N3O3. The summed E-state index contributed by atoms with van der Waals surface area (Å²) in [6.07, 6.45) is -3.43. The summed E-state index contributed by atoms with van der Waals surface area (Å²) in [7, 11) is 0. The molecule has 0 atom stereocenters. The standard InChI is InChI=1S/C13H8ClN3O.C2HF3O2/c14-8-4-5-9-11(7-8)16-12(17-13(9)18)10-3-1-2-6-15-10;3-2(4,5)1(6)7/h1-7H,(H,16,17,18);(H,6,7). The minimum atomic E-state index is -5.08. The van der Waals surface area contributed by atoms with E-state index >= 15 is 0 Å². The van der Waals surface area contributed by atoms with Crippen LogP contribution in [-0.2, 0) is 4.79 Å². The van der Waals surface area contributed by atoms with Crippen LogP contribution in [-0.4, -0.2) is 32.2 Å². The number of aliphatic carboxylic acids is 1. The van der Waals surface area contributed by atoms with Gasteiger partial charge in [-0.05, 0) is 30.3 Å². The van der Waals surface area contributed by atoms with E-state index in [0.717, 1.165) is 0 Å². The molecule has 0 aliphatic rings. The topological polar surface area (TPSA) is 95.9 Å². The minimum Gasteiger partial charge on any atom is -0.475 e. The summed E-state index contributed by atoms with van der Waals surface area (Å²) in [6.45, 7) is 0. The van der Waals surface area contributed by atoms with Crippen LogP contribution < -0.4 is 5.56 Å². The predicted octanol–water partition coefficient (Wildman–Crippen LogP) is 3.27. The zero-order valence-corrected chi connectivity index (χ0v) is 13.0. The first-order valence-corrected chi connectivity index (χ1v) is 6.97. The number of benzene rings is 1. The van der Waals surface area contributed by atoms with Crippen molar-refractivity contribution in [3.63, 3.8) is 0 Å². The maximum absolute atomic E-state index is 11.9. The van der Waals surface area contributed by atoms with Crippen molar-refractivity contribution in [1.29, 1.82) is 0 Å². The number of nitrogens with one attached hydrogen (secondary N) is 1. The van der Waals surface area contributed by atoms with Gasteiger partial charge < -0.3 is 10.1 Å². The fourth-order valence-corrected chi connectivity index (χ4v) is 1.90. The molecule has 0 radical (unpaired) electrons. The highest BCUT2D eigenvalue weighted by molar-refractivity contribution is 6.31. The Kier molecular flexibility index (Phi) is 5.38. The van der Waals surface area contributed by atoms with Crippen molar-refractivity contribution in [2.24, 2.45) is 0 Å². The molecule has 2 N–H and O–H groups in total. The van der Waals surface area contributed by atoms with Gasteiger partial charge in [-0.25, -0.2) is 9.78 Å². The van der Waals surface area contributed by atoms with Gasteiger partial charge in [-0.3, -0.25) is 9.78 Å². The van der Waals surface area contributed by atoms with Crippen molar-refractivity contribution in [2.75, 3.05) is 0 Å². The number of hydrogen-bond donors (Lipinski definition) is 2. The largest absolute Gasteiger partial charge is 0.490 e. The third-order valence-electron chi connectivity index (χ3n) is 2.82. The average Bonchev–Trinajstić information content (AvgIpc) is 2.55. The van der Waals surface area contributed by atoms with Gasteiger partial charge in [0.25, 0.3) is 5.56 Å². The van der Waals surface area contributed by atoms with Crippen LogP contribution in [0, 0.1) is 0 Å². The van der Waals surface area contributed by atoms with Crippen LogP contribution in [0.25, 0.3) is 22.4 Å². The molecule has 25 heavy (non-hydrogen) atoms. The zero-order valence-electron chi connectivity index (χ0n) is 12.2. The van der Waals surface area contributed by atoms with E-state index in [1.165, 1.54) is 0 Å². The number of halogens is 4. The molecule has 0 fully saturated rings. The van der Waals surface area contributed by atoms with Gasteiger partial charge in [-0.1, -0.05) is 17.7 Å². The SMILES string of the molecule is O=C(O)C(F)(F)F.O=c1[nH]c(-c2ccccn2)nc2cc(Cl)ccc12. The fraction of sp³-hybridized carbons (Fsp3) is 0.0667. The van der Waals surface area contributed by atoms with Crippen molar-refractivity contribution in [2.45, 2.75) is 6.18 Å². The number of nitrogens with zero attached hydrogens (tertiary/aromatic N) is 2. The number of carbonyl (C=O) groups is 1. The summed E-state index contributed by atoms with van der Waals surface area (Å²) < 4.78 is 31.7. The van der Waals surface area contributed by atoms with Crippen LogP contribution in [0.3, 0.4) is 0 Å². The Morgan fingerprint density at radius 1 is 1.20 bits per heavy atom. The Balaban J connectivity index is 0.000000277. The fourth-order valence-electron chi connectivity index (χ4n) is 1.74. The molecule has 0 saturated heterocycles. The van der Waals surface area contributed by atoms with Crippen LogP contribution in [0.5, 0.6) is 0 Å². The molecule has 2 heterocycles. The third-order valence-corrected chi connectivity index (χ3v) is 3.05. The van der Waals surface area contributed by atoms with Crippen LogP contribution in [0.1, 0.15) is 0 Å². The molecule has 0 spiro atoms. The van der Waals surface area contributed by atoms with E-state index < -0.39 is 12.1 Å². The predicted molar refractivity (Wildman–Crippen MR) is 84.3 cm³/mol. The normalized spacial score (nSPS) is 10.9. The van der Waals surface area contributed by atoms with E-state index in [-0.39, 0.29) is 5.56 Å². The first-order valence-electron chi connectivity index (χ1n) is 6.59. The van der Waals surface area contributed by atoms with Crippen LogP contribution in [0.4, 0.5) is 13.2 Å². The summed E-state index contributed by atoms with van der Waals surface area (Å²) in [6, 6.07) is 10.4. The van der Waals surface area contributed by atoms with Crippen LogP contribution in [0.15, 0.2) is 47.4 Å². The van der Waals surface area contributed by atoms with Gasteiger partial charge in [-0.2, -0.15) is 13.2 Å². The molecule has 3 aromatic rings. The number of carboxylic acid groups (broad SMARTS) is 1. The summed E-state index contributed by atoms with van der Waals surface area (Å²) in [4.78, 5) is 32.0. The first-order chi connectivity index (χ1) is 11.7. The molecule has 0 amide bonds. The molecule has 1 aromatic carbocycles. The lowest BCUT2D eigenvalue weighted by atomic mass is 10.2. The van der Waals surface area contributed by atoms with Crippen molar-refractivity contribution in [3.8, 4) is 11.5 Å². The molecule has 2 aromatic heterocycles. The molecule has 0 aliphatic heterocycles. The van der Waals surface area contributed by atoms with E-state index in [2.05, 4.69) is 15.0 Å². The highest BCUT2D eigenvalue weighted by atomic mass is 35.5. The number of H-pyrrole nitrogens is 1. The molecule has 0 aliphatic carbocycles. The van der Waals surface area contributed by atoms with Gasteiger partial charge in [0, 0.05) is 11.2 Å². The summed E-state index contributed by atoms with van der Waals surface area (Å²) in [5, 5.41) is 8.19. The van der Waals surface area contributed by atoms with Gasteiger partial charge in [0.15, 0.2) is 5.82 Å². The Morgan fingerprint density at radius 2 is 1.88 bits per heavy atom. The molecule has 6 nitrogen and oxygen atoms in total. The number of rotatable bonds is 1. The first kappa shape index (κ1) is 18.4. The van der Waals surface area contributed by atoms with Gasteiger partial charge in [0.05, 0.1) is 10.9 Å². The summed E-state index contributed by atoms with van der Waals surface area (Å²) in [5.41, 5.74) is 0.987. The van der Waals surface area contributed by atoms with Gasteiger partial charge in [-0.15, -0.1) is 0 Å². The van der Waals surface area contributed by atoms with Crippen molar-refractivity contribution in [1.82, 2.24) is 15.0 Å². The third kappa shape index (κ3) is 4.77. The molecule has 3 rings (SSSR count). The highest BCUT2D eigenvalue weighted by Crippen LogP contribution is 2.17. The molecule has 0 unspecified atom stereocenters. The number of pyridine rings is 1. The lowest BCUT2D eigenvalue weighted by Crippen LogP contribution is -2.21. The summed E-state index contributed by atoms with van der Waals surface area (Å²) in [5.74, 6) is -2.32. The zero-order chi connectivity index (χ0) is 18.6. The number of aromatic nitrogens is 3. The number of hydrogen-bond acceptors (Lipinski definition) is 4. The second-order valence-electron chi connectivity index (χ2n) is 4.59. The summed E-state index contributed by atoms with van der Waals surface area (Å²) >= 11 is 5.90. The van der Waals surface area contributed by atoms with Crippen molar-refractivity contribution >= 4 is 28.5 Å². The van der Waals surface area contributed by atoms with E-state index in [0.29, 0.717) is 27.4 Å². The maximum Gasteiger partial charge on any atom is 0.490 e. The smallest absolute Gasteiger partial charge is 0.475 e. The second kappa shape index (κ2) is 7.31. The van der Waals surface area contributed by atoms with Gasteiger partial charge in [0.2, 0.25) is 0 Å². The monoisotopic (exact) mass is 371 g/mol. The molecule has 130 valence electrons. The molecule has 0 saturated carbocycles. The minimum absolute atomic E-state index is 0.197. The van der Waals surface area contributed by atoms with E-state index in [1.54, 1.807) is 36.5 Å². The van der Waals surface area contributed by atoms with Gasteiger partial charge in [0.1, 0.15) is 5.69 Å². The van der Waals surface area contributed by atoms with Crippen LogP contribution >= 0.6 is 11.6 Å². The Labute approximate surface area is 142 Å². The van der Waals surface area contributed by atoms with Crippen molar-refractivity contribution < 1.29 is 23.1 Å². The number of aromatic amines is 1. The quantitative estimate of drug-likeness (QED) is 0.684. The number of alkyl halides is 3. The van der Waals surface area contributed by atoms with E-state index in [9.17, 15) is 18.0 Å². The Hall–Kier alpha value is -2.94. The molecule has 0 bridgehead atoms. The molecular weight excluding hydrogens is 363 g/mol. The molecule has 10 heteroatoms. The lowest BCUT2D eigenvalue weighted by Gasteiger charge is -2.02. The maximum atomic E-state index is 11.9. The van der Waals surface area contributed by atoms with E-state index in [4.69, 9.17) is 21.5 Å². The van der Waals surface area contributed by atoms with E-state index in [1.807, 2.05) is 6.07 Å².